The van der Waals surface area contributed by atoms with E-state index in [-0.39, 0.29) is 43.4 Å². The summed E-state index contributed by atoms with van der Waals surface area (Å²) in [4.78, 5) is 87.6. The van der Waals surface area contributed by atoms with E-state index in [9.17, 15) is 28.8 Å². The van der Waals surface area contributed by atoms with Gasteiger partial charge in [-0.25, -0.2) is 57.4 Å². The van der Waals surface area contributed by atoms with Crippen molar-refractivity contribution in [1.82, 2.24) is 13.7 Å². The van der Waals surface area contributed by atoms with Crippen molar-refractivity contribution in [3.8, 4) is 0 Å². The molecule has 1 aromatic rings. The van der Waals surface area contributed by atoms with Gasteiger partial charge in [0.1, 0.15) is 0 Å². The summed E-state index contributed by atoms with van der Waals surface area (Å²) in [6.45, 7) is -0.191. The van der Waals surface area contributed by atoms with Gasteiger partial charge in [0.2, 0.25) is 18.2 Å². The van der Waals surface area contributed by atoms with Crippen molar-refractivity contribution >= 4 is 18.2 Å². The maximum absolute atomic E-state index is 14.3. The highest BCUT2D eigenvalue weighted by atomic mass is 16.2. The number of aromatic nitrogens is 3. The van der Waals surface area contributed by atoms with Gasteiger partial charge in [0.15, 0.2) is 0 Å². The van der Waals surface area contributed by atoms with E-state index in [4.69, 9.17) is 0 Å². The molecule has 1 aromatic heterocycles. The molecule has 3 saturated carbocycles. The molecule has 0 saturated heterocycles. The number of nitrogens with zero attached hydrogens (tertiary/aromatic N) is 6. The molecule has 12 nitrogen and oxygen atoms in total. The molecule has 3 aliphatic carbocycles. The van der Waals surface area contributed by atoms with Crippen LogP contribution in [0.1, 0.15) is 102 Å². The average molecular weight is 569 g/mol. The number of hydrogen-bond acceptors (Lipinski definition) is 9. The Morgan fingerprint density at radius 1 is 0.610 bits per heavy atom. The molecular weight excluding hydrogens is 528 g/mol. The van der Waals surface area contributed by atoms with Gasteiger partial charge in [-0.05, 0) is 50.4 Å². The summed E-state index contributed by atoms with van der Waals surface area (Å²) in [5.74, 6) is -0.403. The fourth-order valence-electron chi connectivity index (χ4n) is 7.40. The molecule has 4 atom stereocenters. The minimum absolute atomic E-state index is 0.00351. The maximum atomic E-state index is 14.3. The second kappa shape index (κ2) is 15.0. The van der Waals surface area contributed by atoms with Crippen LogP contribution in [-0.2, 0) is 20.9 Å². The number of isocyanates is 3. The van der Waals surface area contributed by atoms with Gasteiger partial charge in [-0.3, -0.25) is 0 Å². The lowest BCUT2D eigenvalue weighted by Gasteiger charge is -2.34. The summed E-state index contributed by atoms with van der Waals surface area (Å²) in [5.41, 5.74) is -2.24. The fourth-order valence-corrected chi connectivity index (χ4v) is 7.40. The van der Waals surface area contributed by atoms with E-state index in [0.29, 0.717) is 12.8 Å². The van der Waals surface area contributed by atoms with Crippen LogP contribution in [0.3, 0.4) is 0 Å². The lowest BCUT2D eigenvalue weighted by Crippen LogP contribution is -2.59. The van der Waals surface area contributed by atoms with Crippen molar-refractivity contribution in [2.24, 2.45) is 32.7 Å². The largest absolute Gasteiger partial charge is 0.336 e. The van der Waals surface area contributed by atoms with E-state index in [1.54, 1.807) is 18.2 Å². The van der Waals surface area contributed by atoms with Gasteiger partial charge < -0.3 is 0 Å². The molecule has 3 fully saturated rings. The van der Waals surface area contributed by atoms with E-state index in [0.717, 1.165) is 90.8 Å². The predicted molar refractivity (Wildman–Crippen MR) is 150 cm³/mol. The molecule has 0 radical (unpaired) electrons. The Kier molecular flexibility index (Phi) is 11.1. The van der Waals surface area contributed by atoms with E-state index >= 15 is 0 Å². The highest BCUT2D eigenvalue weighted by Crippen LogP contribution is 2.34. The number of rotatable bonds is 11. The molecule has 0 aliphatic heterocycles. The van der Waals surface area contributed by atoms with Crippen LogP contribution in [0.25, 0.3) is 0 Å². The smallest absolute Gasteiger partial charge is 0.247 e. The first-order valence-electron chi connectivity index (χ1n) is 15.1. The van der Waals surface area contributed by atoms with E-state index in [2.05, 4.69) is 15.0 Å². The lowest BCUT2D eigenvalue weighted by atomic mass is 9.83. The van der Waals surface area contributed by atoms with Crippen LogP contribution in [0.15, 0.2) is 29.4 Å². The van der Waals surface area contributed by atoms with Crippen molar-refractivity contribution in [3.63, 3.8) is 0 Å². The van der Waals surface area contributed by atoms with Gasteiger partial charge in [0.25, 0.3) is 0 Å². The third-order valence-corrected chi connectivity index (χ3v) is 9.53. The Bertz CT molecular complexity index is 1290. The van der Waals surface area contributed by atoms with Crippen LogP contribution in [0.2, 0.25) is 0 Å². The molecule has 222 valence electrons. The molecule has 41 heavy (non-hydrogen) atoms. The molecule has 0 amide bonds. The summed E-state index contributed by atoms with van der Waals surface area (Å²) in [5, 5.41) is 0. The zero-order valence-corrected chi connectivity index (χ0v) is 23.6. The first-order chi connectivity index (χ1) is 20.0. The van der Waals surface area contributed by atoms with Crippen LogP contribution >= 0.6 is 0 Å². The standard InChI is InChI=1S/C29H40N6O6/c36-18-30-15-25(21-9-3-1-4-10-21)34-27(39)33(17-23-13-7-8-14-24(23)32-20-38)28(40)35(29(34)41)26(16-31-19-37)22-11-5-2-6-12-22/h21-26H,1-17H2. The summed E-state index contributed by atoms with van der Waals surface area (Å²) in [7, 11) is 0. The Morgan fingerprint density at radius 2 is 1.07 bits per heavy atom. The molecule has 0 N–H and O–H groups in total. The van der Waals surface area contributed by atoms with Gasteiger partial charge in [0, 0.05) is 12.5 Å². The SMILES string of the molecule is O=C=NCC(C1CCCCC1)n1c(=O)n(CC2CCCCC2N=C=O)c(=O)n(C(CN=C=O)C2CCCCC2)c1=O. The van der Waals surface area contributed by atoms with Crippen molar-refractivity contribution in [1.29, 1.82) is 0 Å². The van der Waals surface area contributed by atoms with Crippen LogP contribution in [-0.4, -0.2) is 51.1 Å². The molecular formula is C29H40N6O6. The average Bonchev–Trinajstić information content (AvgIpc) is 3.00. The van der Waals surface area contributed by atoms with Gasteiger partial charge in [-0.15, -0.1) is 0 Å². The van der Waals surface area contributed by atoms with Crippen LogP contribution in [0.5, 0.6) is 0 Å². The number of carbonyl (C=O) groups excluding carboxylic acids is 3. The van der Waals surface area contributed by atoms with Crippen molar-refractivity contribution in [3.05, 3.63) is 31.5 Å². The zero-order chi connectivity index (χ0) is 29.2. The zero-order valence-electron chi connectivity index (χ0n) is 23.6. The quantitative estimate of drug-likeness (QED) is 0.295. The van der Waals surface area contributed by atoms with Crippen molar-refractivity contribution in [2.75, 3.05) is 13.1 Å². The molecule has 0 bridgehead atoms. The van der Waals surface area contributed by atoms with Crippen molar-refractivity contribution < 1.29 is 14.4 Å². The highest BCUT2D eigenvalue weighted by Gasteiger charge is 2.35. The van der Waals surface area contributed by atoms with Crippen LogP contribution in [0.4, 0.5) is 0 Å². The summed E-state index contributed by atoms with van der Waals surface area (Å²) < 4.78 is 3.35. The lowest BCUT2D eigenvalue weighted by molar-refractivity contribution is 0.197. The Labute approximate surface area is 238 Å². The third-order valence-electron chi connectivity index (χ3n) is 9.53. The summed E-state index contributed by atoms with van der Waals surface area (Å²) in [6, 6.07) is -1.80. The molecule has 12 heteroatoms. The first kappa shape index (κ1) is 30.5. The Hall–Kier alpha value is -3.45. The minimum atomic E-state index is -0.754. The molecule has 3 aliphatic rings. The van der Waals surface area contributed by atoms with Gasteiger partial charge in [-0.2, -0.15) is 0 Å². The van der Waals surface area contributed by atoms with Crippen LogP contribution in [0, 0.1) is 17.8 Å². The second-order valence-corrected chi connectivity index (χ2v) is 11.8. The molecule has 1 heterocycles. The van der Waals surface area contributed by atoms with Gasteiger partial charge >= 0.3 is 17.1 Å². The van der Waals surface area contributed by atoms with Gasteiger partial charge in [0.05, 0.1) is 31.2 Å². The van der Waals surface area contributed by atoms with E-state index < -0.39 is 29.2 Å². The Balaban J connectivity index is 1.94. The normalized spacial score (nSPS) is 23.4. The van der Waals surface area contributed by atoms with E-state index in [1.165, 1.54) is 0 Å². The monoisotopic (exact) mass is 568 g/mol. The Morgan fingerprint density at radius 3 is 1.54 bits per heavy atom. The summed E-state index contributed by atoms with van der Waals surface area (Å²) >= 11 is 0. The third kappa shape index (κ3) is 7.07. The first-order valence-corrected chi connectivity index (χ1v) is 15.1. The topological polar surface area (TPSA) is 154 Å². The molecule has 4 unspecified atom stereocenters. The van der Waals surface area contributed by atoms with Crippen molar-refractivity contribution in [2.45, 2.75) is 115 Å². The molecule has 0 spiro atoms. The number of hydrogen-bond donors (Lipinski definition) is 0. The maximum Gasteiger partial charge on any atom is 0.336 e. The summed E-state index contributed by atoms with van der Waals surface area (Å²) in [6.07, 6.45) is 16.7. The number of aliphatic imine (C=N–C) groups is 3. The second-order valence-electron chi connectivity index (χ2n) is 11.8. The van der Waals surface area contributed by atoms with E-state index in [1.807, 2.05) is 0 Å². The van der Waals surface area contributed by atoms with Crippen LogP contribution < -0.4 is 17.1 Å². The highest BCUT2D eigenvalue weighted by molar-refractivity contribution is 5.34. The molecule has 4 rings (SSSR count). The fraction of sp³-hybridized carbons (Fsp3) is 0.793. The predicted octanol–water partition coefficient (Wildman–Crippen LogP) is 2.98. The minimum Gasteiger partial charge on any atom is -0.247 e. The molecule has 0 aromatic carbocycles. The van der Waals surface area contributed by atoms with Gasteiger partial charge in [-0.1, -0.05) is 51.4 Å².